The molecular formula is C27H25ClN4O4. The summed E-state index contributed by atoms with van der Waals surface area (Å²) in [6.45, 7) is 7.08. The van der Waals surface area contributed by atoms with E-state index in [0.29, 0.717) is 16.3 Å². The lowest BCUT2D eigenvalue weighted by molar-refractivity contribution is -0.122. The second kappa shape index (κ2) is 9.64. The van der Waals surface area contributed by atoms with Crippen LogP contribution in [0.2, 0.25) is 5.02 Å². The maximum atomic E-state index is 13.2. The summed E-state index contributed by atoms with van der Waals surface area (Å²) in [5, 5.41) is 2.73. The molecule has 3 heterocycles. The van der Waals surface area contributed by atoms with Crippen LogP contribution in [0.25, 0.3) is 11.8 Å². The zero-order chi connectivity index (χ0) is 25.4. The normalized spacial score (nSPS) is 17.6. The lowest BCUT2D eigenvalue weighted by Gasteiger charge is -2.29. The third-order valence-corrected chi connectivity index (χ3v) is 6.69. The molecule has 2 fully saturated rings. The molecule has 0 aliphatic carbocycles. The Morgan fingerprint density at radius 2 is 1.50 bits per heavy atom. The Balaban J connectivity index is 1.46. The number of nitrogens with zero attached hydrogens (tertiary/aromatic N) is 3. The van der Waals surface area contributed by atoms with Gasteiger partial charge in [0, 0.05) is 40.9 Å². The minimum absolute atomic E-state index is 0.118. The third-order valence-electron chi connectivity index (χ3n) is 6.44. The highest BCUT2D eigenvalue weighted by atomic mass is 35.5. The van der Waals surface area contributed by atoms with Gasteiger partial charge in [0.15, 0.2) is 0 Å². The van der Waals surface area contributed by atoms with Crippen molar-refractivity contribution < 1.29 is 19.1 Å². The molecule has 0 spiro atoms. The van der Waals surface area contributed by atoms with E-state index < -0.39 is 17.8 Å². The van der Waals surface area contributed by atoms with Gasteiger partial charge in [0.1, 0.15) is 5.57 Å². The number of carbonyl (C=O) groups excluding carboxylic acids is 3. The van der Waals surface area contributed by atoms with E-state index in [1.165, 1.54) is 6.08 Å². The number of ether oxygens (including phenoxy) is 1. The summed E-state index contributed by atoms with van der Waals surface area (Å²) in [6, 6.07) is 15.7. The van der Waals surface area contributed by atoms with Crippen LogP contribution in [-0.4, -0.2) is 48.7 Å². The number of barbiturate groups is 1. The topological polar surface area (TPSA) is 83.9 Å². The SMILES string of the molecule is Cc1cc(/C=C2\C(=O)NC(=O)N(c3ccc(Cl)cc3)C2=O)c(C)n1-c1ccc(N2CCOCC2)cc1. The van der Waals surface area contributed by atoms with Crippen molar-refractivity contribution in [1.29, 1.82) is 0 Å². The molecule has 5 rings (SSSR count). The molecular weight excluding hydrogens is 480 g/mol. The number of morpholine rings is 1. The number of imide groups is 2. The van der Waals surface area contributed by atoms with E-state index in [2.05, 4.69) is 39.0 Å². The van der Waals surface area contributed by atoms with Gasteiger partial charge in [-0.05, 0) is 80.1 Å². The van der Waals surface area contributed by atoms with Crippen molar-refractivity contribution >= 4 is 46.9 Å². The summed E-state index contributed by atoms with van der Waals surface area (Å²) < 4.78 is 7.51. The number of aromatic nitrogens is 1. The van der Waals surface area contributed by atoms with Gasteiger partial charge >= 0.3 is 6.03 Å². The first kappa shape index (κ1) is 23.8. The third kappa shape index (κ3) is 4.41. The van der Waals surface area contributed by atoms with Crippen molar-refractivity contribution in [3.63, 3.8) is 0 Å². The maximum absolute atomic E-state index is 13.2. The largest absolute Gasteiger partial charge is 0.378 e. The molecule has 0 unspecified atom stereocenters. The highest BCUT2D eigenvalue weighted by Gasteiger charge is 2.37. The van der Waals surface area contributed by atoms with Crippen LogP contribution in [0.4, 0.5) is 16.2 Å². The Kier molecular flexibility index (Phi) is 6.38. The Hall–Kier alpha value is -3.88. The molecule has 4 amide bonds. The molecule has 2 aromatic carbocycles. The Bertz CT molecular complexity index is 1370. The second-order valence-electron chi connectivity index (χ2n) is 8.71. The average Bonchev–Trinajstić information content (AvgIpc) is 3.16. The van der Waals surface area contributed by atoms with Crippen molar-refractivity contribution in [3.05, 3.63) is 82.1 Å². The van der Waals surface area contributed by atoms with Crippen LogP contribution in [0.3, 0.4) is 0 Å². The van der Waals surface area contributed by atoms with Gasteiger partial charge in [-0.1, -0.05) is 11.6 Å². The predicted octanol–water partition coefficient (Wildman–Crippen LogP) is 4.25. The number of hydrogen-bond acceptors (Lipinski definition) is 5. The van der Waals surface area contributed by atoms with E-state index in [1.54, 1.807) is 24.3 Å². The number of benzene rings is 2. The highest BCUT2D eigenvalue weighted by Crippen LogP contribution is 2.27. The van der Waals surface area contributed by atoms with E-state index in [1.807, 2.05) is 19.9 Å². The monoisotopic (exact) mass is 504 g/mol. The number of aryl methyl sites for hydroxylation is 1. The van der Waals surface area contributed by atoms with Crippen LogP contribution in [0.1, 0.15) is 17.0 Å². The summed E-state index contributed by atoms with van der Waals surface area (Å²) in [6.07, 6.45) is 1.54. The first-order chi connectivity index (χ1) is 17.3. The van der Waals surface area contributed by atoms with Crippen LogP contribution in [0.15, 0.2) is 60.2 Å². The fourth-order valence-electron chi connectivity index (χ4n) is 4.60. The van der Waals surface area contributed by atoms with Crippen molar-refractivity contribution in [2.75, 3.05) is 36.1 Å². The molecule has 1 N–H and O–H groups in total. The Labute approximate surface area is 213 Å². The van der Waals surface area contributed by atoms with E-state index in [9.17, 15) is 14.4 Å². The fraction of sp³-hybridized carbons (Fsp3) is 0.222. The minimum Gasteiger partial charge on any atom is -0.378 e. The van der Waals surface area contributed by atoms with E-state index in [4.69, 9.17) is 16.3 Å². The molecule has 8 nitrogen and oxygen atoms in total. The molecule has 0 radical (unpaired) electrons. The van der Waals surface area contributed by atoms with E-state index in [-0.39, 0.29) is 5.57 Å². The molecule has 184 valence electrons. The molecule has 0 saturated carbocycles. The minimum atomic E-state index is -0.796. The van der Waals surface area contributed by atoms with Gasteiger partial charge in [0.2, 0.25) is 0 Å². The maximum Gasteiger partial charge on any atom is 0.335 e. The second-order valence-corrected chi connectivity index (χ2v) is 9.15. The number of halogens is 1. The number of carbonyl (C=O) groups is 3. The van der Waals surface area contributed by atoms with Gasteiger partial charge in [0.05, 0.1) is 18.9 Å². The smallest absolute Gasteiger partial charge is 0.335 e. The number of amides is 4. The van der Waals surface area contributed by atoms with Crippen molar-refractivity contribution in [3.8, 4) is 5.69 Å². The first-order valence-electron chi connectivity index (χ1n) is 11.6. The Morgan fingerprint density at radius 1 is 0.889 bits per heavy atom. The number of anilines is 2. The van der Waals surface area contributed by atoms with Crippen LogP contribution in [0.5, 0.6) is 0 Å². The zero-order valence-electron chi connectivity index (χ0n) is 20.0. The molecule has 0 bridgehead atoms. The summed E-state index contributed by atoms with van der Waals surface area (Å²) in [5.74, 6) is -1.42. The van der Waals surface area contributed by atoms with E-state index in [0.717, 1.165) is 54.0 Å². The molecule has 0 atom stereocenters. The van der Waals surface area contributed by atoms with Crippen molar-refractivity contribution in [2.24, 2.45) is 0 Å². The predicted molar refractivity (Wildman–Crippen MR) is 139 cm³/mol. The van der Waals surface area contributed by atoms with E-state index >= 15 is 0 Å². The molecule has 2 aliphatic rings. The van der Waals surface area contributed by atoms with Gasteiger partial charge in [-0.3, -0.25) is 14.9 Å². The summed E-state index contributed by atoms with van der Waals surface area (Å²) in [4.78, 5) is 41.5. The summed E-state index contributed by atoms with van der Waals surface area (Å²) >= 11 is 5.94. The molecule has 2 saturated heterocycles. The van der Waals surface area contributed by atoms with Gasteiger partial charge in [-0.25, -0.2) is 9.69 Å². The van der Waals surface area contributed by atoms with Crippen LogP contribution < -0.4 is 15.1 Å². The highest BCUT2D eigenvalue weighted by molar-refractivity contribution is 6.39. The molecule has 1 aromatic heterocycles. The van der Waals surface area contributed by atoms with Gasteiger partial charge in [0.25, 0.3) is 11.8 Å². The summed E-state index contributed by atoms with van der Waals surface area (Å²) in [5.41, 5.74) is 4.86. The summed E-state index contributed by atoms with van der Waals surface area (Å²) in [7, 11) is 0. The van der Waals surface area contributed by atoms with Gasteiger partial charge in [-0.15, -0.1) is 0 Å². The number of urea groups is 1. The van der Waals surface area contributed by atoms with Crippen LogP contribution >= 0.6 is 11.6 Å². The molecule has 36 heavy (non-hydrogen) atoms. The van der Waals surface area contributed by atoms with Gasteiger partial charge < -0.3 is 14.2 Å². The van der Waals surface area contributed by atoms with Crippen molar-refractivity contribution in [1.82, 2.24) is 9.88 Å². The zero-order valence-corrected chi connectivity index (χ0v) is 20.7. The average molecular weight is 505 g/mol. The van der Waals surface area contributed by atoms with Crippen LogP contribution in [0, 0.1) is 13.8 Å². The number of rotatable bonds is 4. The van der Waals surface area contributed by atoms with Crippen LogP contribution in [-0.2, 0) is 14.3 Å². The Morgan fingerprint density at radius 3 is 2.17 bits per heavy atom. The molecule has 2 aliphatic heterocycles. The standard InChI is InChI=1S/C27H25ClN4O4/c1-17-15-19(18(2)31(17)22-9-7-21(8-10-22)30-11-13-36-14-12-30)16-24-25(33)29-27(35)32(26(24)34)23-5-3-20(28)4-6-23/h3-10,15-16H,11-14H2,1-2H3,(H,29,33,35)/b24-16+. The number of nitrogens with one attached hydrogen (secondary N) is 1. The molecule has 9 heteroatoms. The fourth-order valence-corrected chi connectivity index (χ4v) is 4.73. The lowest BCUT2D eigenvalue weighted by Crippen LogP contribution is -2.54. The van der Waals surface area contributed by atoms with Gasteiger partial charge in [-0.2, -0.15) is 0 Å². The first-order valence-corrected chi connectivity index (χ1v) is 12.0. The van der Waals surface area contributed by atoms with Crippen molar-refractivity contribution in [2.45, 2.75) is 13.8 Å². The quantitative estimate of drug-likeness (QED) is 0.424. The molecule has 3 aromatic rings. The number of hydrogen-bond donors (Lipinski definition) is 1. The lowest BCUT2D eigenvalue weighted by atomic mass is 10.1.